The fraction of sp³-hybridized carbons (Fsp3) is 0.462. The molecule has 98 valence electrons. The standard InChI is InChI=1S/C13H16ClNO3/c14-11-3-1-9(2-4-11)12-5-6-15(13(17)18)7-10(12)8-16/h1-4,10,12,16H,5-8H2,(H,17,18). The van der Waals surface area contributed by atoms with Crippen LogP contribution >= 0.6 is 11.6 Å². The van der Waals surface area contributed by atoms with Crippen molar-refractivity contribution in [1.82, 2.24) is 4.90 Å². The van der Waals surface area contributed by atoms with Gasteiger partial charge in [0.05, 0.1) is 0 Å². The van der Waals surface area contributed by atoms with E-state index in [0.29, 0.717) is 18.1 Å². The van der Waals surface area contributed by atoms with Crippen LogP contribution < -0.4 is 0 Å². The van der Waals surface area contributed by atoms with Gasteiger partial charge in [0.2, 0.25) is 0 Å². The van der Waals surface area contributed by atoms with Gasteiger partial charge in [0.25, 0.3) is 0 Å². The van der Waals surface area contributed by atoms with E-state index in [2.05, 4.69) is 0 Å². The summed E-state index contributed by atoms with van der Waals surface area (Å²) in [6, 6.07) is 7.56. The second-order valence-electron chi connectivity index (χ2n) is 4.62. The molecule has 1 aliphatic rings. The molecule has 2 N–H and O–H groups in total. The molecule has 0 bridgehead atoms. The number of piperidine rings is 1. The highest BCUT2D eigenvalue weighted by molar-refractivity contribution is 6.30. The third kappa shape index (κ3) is 2.76. The predicted octanol–water partition coefficient (Wildman–Crippen LogP) is 2.42. The highest BCUT2D eigenvalue weighted by Gasteiger charge is 2.31. The summed E-state index contributed by atoms with van der Waals surface area (Å²) >= 11 is 5.85. The fourth-order valence-electron chi connectivity index (χ4n) is 2.54. The van der Waals surface area contributed by atoms with Gasteiger partial charge in [-0.1, -0.05) is 23.7 Å². The number of hydrogen-bond acceptors (Lipinski definition) is 2. The van der Waals surface area contributed by atoms with Crippen molar-refractivity contribution >= 4 is 17.7 Å². The van der Waals surface area contributed by atoms with Gasteiger partial charge in [0.15, 0.2) is 0 Å². The van der Waals surface area contributed by atoms with E-state index < -0.39 is 6.09 Å². The van der Waals surface area contributed by atoms with E-state index in [1.165, 1.54) is 4.90 Å². The molecule has 1 aromatic rings. The normalized spacial score (nSPS) is 24.0. The highest BCUT2D eigenvalue weighted by Crippen LogP contribution is 2.33. The summed E-state index contributed by atoms with van der Waals surface area (Å²) in [5, 5.41) is 19.1. The quantitative estimate of drug-likeness (QED) is 0.867. The van der Waals surface area contributed by atoms with E-state index in [0.717, 1.165) is 12.0 Å². The molecule has 1 saturated heterocycles. The number of halogens is 1. The number of carboxylic acid groups (broad SMARTS) is 1. The topological polar surface area (TPSA) is 60.8 Å². The Morgan fingerprint density at radius 1 is 1.39 bits per heavy atom. The van der Waals surface area contributed by atoms with E-state index >= 15 is 0 Å². The summed E-state index contributed by atoms with van der Waals surface area (Å²) in [7, 11) is 0. The van der Waals surface area contributed by atoms with E-state index in [9.17, 15) is 9.90 Å². The van der Waals surface area contributed by atoms with Crippen LogP contribution in [-0.2, 0) is 0 Å². The molecule has 2 rings (SSSR count). The molecule has 5 heteroatoms. The molecular weight excluding hydrogens is 254 g/mol. The van der Waals surface area contributed by atoms with Crippen molar-refractivity contribution in [2.24, 2.45) is 5.92 Å². The van der Waals surface area contributed by atoms with Crippen molar-refractivity contribution < 1.29 is 15.0 Å². The first-order valence-corrected chi connectivity index (χ1v) is 6.34. The summed E-state index contributed by atoms with van der Waals surface area (Å²) in [4.78, 5) is 12.3. The predicted molar refractivity (Wildman–Crippen MR) is 69.0 cm³/mol. The summed E-state index contributed by atoms with van der Waals surface area (Å²) in [6.45, 7) is 0.898. The lowest BCUT2D eigenvalue weighted by Crippen LogP contribution is -2.43. The number of rotatable bonds is 2. The number of nitrogens with zero attached hydrogens (tertiary/aromatic N) is 1. The average Bonchev–Trinajstić information content (AvgIpc) is 2.39. The van der Waals surface area contributed by atoms with Crippen LogP contribution in [0.5, 0.6) is 0 Å². The maximum absolute atomic E-state index is 10.9. The molecule has 0 spiro atoms. The molecule has 0 saturated carbocycles. The molecule has 1 aliphatic heterocycles. The minimum atomic E-state index is -0.914. The molecule has 1 heterocycles. The summed E-state index contributed by atoms with van der Waals surface area (Å²) in [6.07, 6.45) is -0.179. The Morgan fingerprint density at radius 3 is 2.61 bits per heavy atom. The van der Waals surface area contributed by atoms with Crippen LogP contribution in [-0.4, -0.2) is 40.9 Å². The zero-order valence-corrected chi connectivity index (χ0v) is 10.7. The van der Waals surface area contributed by atoms with Crippen molar-refractivity contribution in [3.63, 3.8) is 0 Å². The van der Waals surface area contributed by atoms with Crippen molar-refractivity contribution in [3.05, 3.63) is 34.9 Å². The summed E-state index contributed by atoms with van der Waals surface area (Å²) < 4.78 is 0. The second-order valence-corrected chi connectivity index (χ2v) is 5.05. The molecule has 1 aromatic carbocycles. The lowest BCUT2D eigenvalue weighted by molar-refractivity contribution is 0.0886. The molecule has 0 aromatic heterocycles. The van der Waals surface area contributed by atoms with Crippen LogP contribution in [0.1, 0.15) is 17.9 Å². The zero-order chi connectivity index (χ0) is 13.1. The Balaban J connectivity index is 2.14. The lowest BCUT2D eigenvalue weighted by atomic mass is 9.81. The number of likely N-dealkylation sites (tertiary alicyclic amines) is 1. The maximum Gasteiger partial charge on any atom is 0.407 e. The minimum Gasteiger partial charge on any atom is -0.465 e. The largest absolute Gasteiger partial charge is 0.465 e. The van der Waals surface area contributed by atoms with Gasteiger partial charge in [-0.15, -0.1) is 0 Å². The number of hydrogen-bond donors (Lipinski definition) is 2. The third-order valence-electron chi connectivity index (χ3n) is 3.54. The zero-order valence-electron chi connectivity index (χ0n) is 9.92. The van der Waals surface area contributed by atoms with Gasteiger partial charge < -0.3 is 15.1 Å². The summed E-state index contributed by atoms with van der Waals surface area (Å²) in [5.74, 6) is 0.152. The molecule has 2 unspecified atom stereocenters. The van der Waals surface area contributed by atoms with Gasteiger partial charge in [-0.3, -0.25) is 0 Å². The Morgan fingerprint density at radius 2 is 2.06 bits per heavy atom. The van der Waals surface area contributed by atoms with Crippen molar-refractivity contribution in [2.45, 2.75) is 12.3 Å². The molecule has 0 aliphatic carbocycles. The molecular formula is C13H16ClNO3. The third-order valence-corrected chi connectivity index (χ3v) is 3.79. The Labute approximate surface area is 111 Å². The van der Waals surface area contributed by atoms with E-state index in [1.807, 2.05) is 24.3 Å². The SMILES string of the molecule is O=C(O)N1CCC(c2ccc(Cl)cc2)C(CO)C1. The number of aliphatic hydroxyl groups excluding tert-OH is 1. The fourth-order valence-corrected chi connectivity index (χ4v) is 2.67. The first-order chi connectivity index (χ1) is 8.61. The molecule has 1 fully saturated rings. The van der Waals surface area contributed by atoms with Gasteiger partial charge in [-0.25, -0.2) is 4.79 Å². The van der Waals surface area contributed by atoms with E-state index in [4.69, 9.17) is 16.7 Å². The van der Waals surface area contributed by atoms with Crippen LogP contribution in [0.2, 0.25) is 5.02 Å². The monoisotopic (exact) mass is 269 g/mol. The van der Waals surface area contributed by atoms with E-state index in [-0.39, 0.29) is 18.4 Å². The van der Waals surface area contributed by atoms with Gasteiger partial charge in [0.1, 0.15) is 0 Å². The molecule has 1 amide bonds. The van der Waals surface area contributed by atoms with Gasteiger partial charge in [-0.05, 0) is 30.0 Å². The molecule has 0 radical (unpaired) electrons. The van der Waals surface area contributed by atoms with Gasteiger partial charge >= 0.3 is 6.09 Å². The second kappa shape index (κ2) is 5.59. The van der Waals surface area contributed by atoms with Crippen LogP contribution in [0.4, 0.5) is 4.79 Å². The Kier molecular flexibility index (Phi) is 4.09. The number of amides is 1. The highest BCUT2D eigenvalue weighted by atomic mass is 35.5. The Bertz CT molecular complexity index is 421. The number of carbonyl (C=O) groups is 1. The van der Waals surface area contributed by atoms with Crippen LogP contribution in [0, 0.1) is 5.92 Å². The first-order valence-electron chi connectivity index (χ1n) is 5.96. The van der Waals surface area contributed by atoms with Crippen LogP contribution in [0.3, 0.4) is 0 Å². The van der Waals surface area contributed by atoms with Crippen LogP contribution in [0.15, 0.2) is 24.3 Å². The van der Waals surface area contributed by atoms with Gasteiger partial charge in [0, 0.05) is 30.6 Å². The minimum absolute atomic E-state index is 0.00290. The molecule has 2 atom stereocenters. The average molecular weight is 270 g/mol. The maximum atomic E-state index is 10.9. The summed E-state index contributed by atoms with van der Waals surface area (Å²) in [5.41, 5.74) is 1.11. The molecule has 18 heavy (non-hydrogen) atoms. The number of aliphatic hydroxyl groups is 1. The first kappa shape index (κ1) is 13.2. The molecule has 4 nitrogen and oxygen atoms in total. The Hall–Kier alpha value is -1.26. The van der Waals surface area contributed by atoms with Crippen LogP contribution in [0.25, 0.3) is 0 Å². The van der Waals surface area contributed by atoms with Crippen molar-refractivity contribution in [2.75, 3.05) is 19.7 Å². The smallest absolute Gasteiger partial charge is 0.407 e. The van der Waals surface area contributed by atoms with Crippen molar-refractivity contribution in [1.29, 1.82) is 0 Å². The van der Waals surface area contributed by atoms with Crippen molar-refractivity contribution in [3.8, 4) is 0 Å². The van der Waals surface area contributed by atoms with Gasteiger partial charge in [-0.2, -0.15) is 0 Å². The lowest BCUT2D eigenvalue weighted by Gasteiger charge is -2.36. The number of benzene rings is 1. The van der Waals surface area contributed by atoms with E-state index in [1.54, 1.807) is 0 Å².